The van der Waals surface area contributed by atoms with Crippen molar-refractivity contribution < 1.29 is 18.8 Å². The molecular weight excluding hydrogens is 228 g/mol. The predicted octanol–water partition coefficient (Wildman–Crippen LogP) is 0.718. The van der Waals surface area contributed by atoms with Gasteiger partial charge in [-0.25, -0.2) is 4.79 Å². The number of esters is 1. The Kier molecular flexibility index (Phi) is 4.20. The average Bonchev–Trinajstić information content (AvgIpc) is 2.28. The molecule has 0 saturated heterocycles. The molecule has 1 rings (SSSR count). The van der Waals surface area contributed by atoms with Crippen molar-refractivity contribution in [3.05, 3.63) is 30.3 Å². The number of ether oxygens (including phenoxy) is 1. The molecule has 2 unspecified atom stereocenters. The summed E-state index contributed by atoms with van der Waals surface area (Å²) in [6, 6.07) is 8.67. The van der Waals surface area contributed by atoms with Crippen molar-refractivity contribution in [2.45, 2.75) is 17.4 Å². The molecule has 0 heterocycles. The lowest BCUT2D eigenvalue weighted by atomic mass is 10.1. The zero-order valence-corrected chi connectivity index (χ0v) is 9.99. The van der Waals surface area contributed by atoms with Crippen molar-refractivity contribution in [2.75, 3.05) is 12.9 Å². The van der Waals surface area contributed by atoms with Crippen molar-refractivity contribution in [3.8, 4) is 0 Å². The van der Waals surface area contributed by atoms with Gasteiger partial charge in [-0.2, -0.15) is 0 Å². The fourth-order valence-electron chi connectivity index (χ4n) is 1.19. The fraction of sp³-hybridized carbons (Fsp3) is 0.364. The maximum Gasteiger partial charge on any atom is 0.338 e. The second-order valence-electron chi connectivity index (χ2n) is 3.57. The van der Waals surface area contributed by atoms with Gasteiger partial charge in [0.25, 0.3) is 0 Å². The first-order valence-electron chi connectivity index (χ1n) is 4.71. The highest BCUT2D eigenvalue weighted by Gasteiger charge is 2.33. The first kappa shape index (κ1) is 12.9. The molecule has 0 bridgehead atoms. The van der Waals surface area contributed by atoms with Crippen LogP contribution in [0.5, 0.6) is 0 Å². The van der Waals surface area contributed by atoms with E-state index >= 15 is 0 Å². The summed E-state index contributed by atoms with van der Waals surface area (Å²) in [5, 5.41) is 9.75. The fourth-order valence-corrected chi connectivity index (χ4v) is 2.45. The monoisotopic (exact) mass is 242 g/mol. The molecule has 1 aromatic carbocycles. The molecule has 88 valence electrons. The van der Waals surface area contributed by atoms with Gasteiger partial charge in [0, 0.05) is 4.90 Å². The van der Waals surface area contributed by atoms with Crippen LogP contribution in [0.3, 0.4) is 0 Å². The lowest BCUT2D eigenvalue weighted by Gasteiger charge is -2.19. The Bertz CT molecular complexity index is 386. The van der Waals surface area contributed by atoms with E-state index in [-0.39, 0.29) is 5.75 Å². The highest BCUT2D eigenvalue weighted by atomic mass is 32.2. The van der Waals surface area contributed by atoms with Gasteiger partial charge in [0.15, 0.2) is 5.60 Å². The summed E-state index contributed by atoms with van der Waals surface area (Å²) < 4.78 is 16.3. The first-order valence-corrected chi connectivity index (χ1v) is 6.03. The average molecular weight is 242 g/mol. The smallest absolute Gasteiger partial charge is 0.338 e. The minimum atomic E-state index is -1.73. The molecule has 0 aliphatic heterocycles. The Labute approximate surface area is 96.7 Å². The molecule has 1 N–H and O–H groups in total. The number of benzene rings is 1. The minimum Gasteiger partial charge on any atom is -0.467 e. The van der Waals surface area contributed by atoms with Gasteiger partial charge in [-0.05, 0) is 19.1 Å². The van der Waals surface area contributed by atoms with E-state index in [1.807, 2.05) is 0 Å². The lowest BCUT2D eigenvalue weighted by Crippen LogP contribution is -2.41. The summed E-state index contributed by atoms with van der Waals surface area (Å²) in [7, 11) is -0.243. The van der Waals surface area contributed by atoms with Gasteiger partial charge in [-0.15, -0.1) is 0 Å². The lowest BCUT2D eigenvalue weighted by molar-refractivity contribution is -0.158. The standard InChI is InChI=1S/C11H14O4S/c1-11(13,10(12)15-2)8-16(14)9-6-4-3-5-7-9/h3-7,13H,8H2,1-2H3. The molecule has 4 nitrogen and oxygen atoms in total. The number of carbonyl (C=O) groups is 1. The summed E-state index contributed by atoms with van der Waals surface area (Å²) >= 11 is 0. The van der Waals surface area contributed by atoms with Gasteiger partial charge in [0.2, 0.25) is 0 Å². The van der Waals surface area contributed by atoms with E-state index in [1.54, 1.807) is 30.3 Å². The second-order valence-corrected chi connectivity index (χ2v) is 5.02. The number of hydrogen-bond acceptors (Lipinski definition) is 4. The molecule has 0 aliphatic rings. The molecular formula is C11H14O4S. The molecule has 0 fully saturated rings. The first-order chi connectivity index (χ1) is 7.47. The van der Waals surface area contributed by atoms with Gasteiger partial charge in [-0.1, -0.05) is 18.2 Å². The molecule has 0 saturated carbocycles. The summed E-state index contributed by atoms with van der Waals surface area (Å²) in [5.41, 5.74) is -1.73. The summed E-state index contributed by atoms with van der Waals surface area (Å²) in [6.07, 6.45) is 0. The van der Waals surface area contributed by atoms with Gasteiger partial charge in [0.1, 0.15) is 0 Å². The zero-order valence-electron chi connectivity index (χ0n) is 9.17. The number of rotatable bonds is 4. The third-order valence-corrected chi connectivity index (χ3v) is 3.67. The second kappa shape index (κ2) is 5.23. The van der Waals surface area contributed by atoms with Crippen LogP contribution in [0.25, 0.3) is 0 Å². The Morgan fingerprint density at radius 2 is 2.00 bits per heavy atom. The highest BCUT2D eigenvalue weighted by molar-refractivity contribution is 7.85. The molecule has 5 heteroatoms. The third-order valence-electron chi connectivity index (χ3n) is 2.04. The van der Waals surface area contributed by atoms with Crippen LogP contribution < -0.4 is 0 Å². The maximum atomic E-state index is 11.8. The highest BCUT2D eigenvalue weighted by Crippen LogP contribution is 2.13. The molecule has 0 aromatic heterocycles. The Morgan fingerprint density at radius 1 is 1.44 bits per heavy atom. The van der Waals surface area contributed by atoms with Crippen LogP contribution in [0.4, 0.5) is 0 Å². The Balaban J connectivity index is 2.76. The SMILES string of the molecule is COC(=O)C(C)(O)CS(=O)c1ccccc1. The van der Waals surface area contributed by atoms with Crippen molar-refractivity contribution in [3.63, 3.8) is 0 Å². The van der Waals surface area contributed by atoms with Crippen molar-refractivity contribution in [1.82, 2.24) is 0 Å². The van der Waals surface area contributed by atoms with E-state index in [2.05, 4.69) is 4.74 Å². The van der Waals surface area contributed by atoms with E-state index in [9.17, 15) is 14.1 Å². The zero-order chi connectivity index (χ0) is 12.2. The van der Waals surface area contributed by atoms with Crippen LogP contribution in [-0.2, 0) is 20.3 Å². The number of aliphatic hydroxyl groups is 1. The van der Waals surface area contributed by atoms with Gasteiger partial charge >= 0.3 is 5.97 Å². The van der Waals surface area contributed by atoms with Crippen LogP contribution in [-0.4, -0.2) is 33.7 Å². The van der Waals surface area contributed by atoms with Crippen LogP contribution >= 0.6 is 0 Å². The molecule has 2 atom stereocenters. The summed E-state index contributed by atoms with van der Waals surface area (Å²) in [6.45, 7) is 1.29. The van der Waals surface area contributed by atoms with E-state index in [4.69, 9.17) is 0 Å². The Hall–Kier alpha value is -1.20. The van der Waals surface area contributed by atoms with E-state index < -0.39 is 22.4 Å². The molecule has 1 aromatic rings. The number of hydrogen-bond donors (Lipinski definition) is 1. The van der Waals surface area contributed by atoms with Crippen LogP contribution in [0.2, 0.25) is 0 Å². The van der Waals surface area contributed by atoms with Crippen LogP contribution in [0, 0.1) is 0 Å². The topological polar surface area (TPSA) is 63.6 Å². The van der Waals surface area contributed by atoms with Crippen molar-refractivity contribution >= 4 is 16.8 Å². The molecule has 0 amide bonds. The summed E-state index contributed by atoms with van der Waals surface area (Å²) in [4.78, 5) is 11.8. The normalized spacial score (nSPS) is 16.2. The molecule has 0 radical (unpaired) electrons. The van der Waals surface area contributed by atoms with E-state index in [0.29, 0.717) is 4.90 Å². The largest absolute Gasteiger partial charge is 0.467 e. The molecule has 0 spiro atoms. The van der Waals surface area contributed by atoms with Crippen LogP contribution in [0.1, 0.15) is 6.92 Å². The third kappa shape index (κ3) is 3.15. The minimum absolute atomic E-state index is 0.177. The van der Waals surface area contributed by atoms with E-state index in [0.717, 1.165) is 0 Å². The van der Waals surface area contributed by atoms with Crippen molar-refractivity contribution in [1.29, 1.82) is 0 Å². The number of carbonyl (C=O) groups excluding carboxylic acids is 1. The Morgan fingerprint density at radius 3 is 2.50 bits per heavy atom. The van der Waals surface area contributed by atoms with Gasteiger partial charge in [0.05, 0.1) is 23.7 Å². The van der Waals surface area contributed by atoms with Gasteiger partial charge < -0.3 is 9.84 Å². The summed E-state index contributed by atoms with van der Waals surface area (Å²) in [5.74, 6) is -0.958. The molecule has 16 heavy (non-hydrogen) atoms. The maximum absolute atomic E-state index is 11.8. The van der Waals surface area contributed by atoms with Crippen LogP contribution in [0.15, 0.2) is 35.2 Å². The number of methoxy groups -OCH3 is 1. The van der Waals surface area contributed by atoms with Crippen molar-refractivity contribution in [2.24, 2.45) is 0 Å². The van der Waals surface area contributed by atoms with Gasteiger partial charge in [-0.3, -0.25) is 4.21 Å². The molecule has 0 aliphatic carbocycles. The quantitative estimate of drug-likeness (QED) is 0.790. The van der Waals surface area contributed by atoms with E-state index in [1.165, 1.54) is 14.0 Å². The predicted molar refractivity (Wildman–Crippen MR) is 60.4 cm³/mol.